The van der Waals surface area contributed by atoms with Crippen molar-refractivity contribution in [1.29, 1.82) is 5.26 Å². The first-order valence-corrected chi connectivity index (χ1v) is 5.20. The van der Waals surface area contributed by atoms with Crippen LogP contribution in [-0.2, 0) is 10.2 Å². The highest BCUT2D eigenvalue weighted by atomic mass is 19.1. The van der Waals surface area contributed by atoms with Gasteiger partial charge >= 0.3 is 5.97 Å². The van der Waals surface area contributed by atoms with Crippen molar-refractivity contribution in [2.75, 3.05) is 0 Å². The van der Waals surface area contributed by atoms with Crippen LogP contribution in [0.3, 0.4) is 0 Å². The summed E-state index contributed by atoms with van der Waals surface area (Å²) >= 11 is 0. The van der Waals surface area contributed by atoms with Gasteiger partial charge < -0.3 is 10.8 Å². The summed E-state index contributed by atoms with van der Waals surface area (Å²) in [7, 11) is 0. The van der Waals surface area contributed by atoms with Crippen molar-refractivity contribution in [2.24, 2.45) is 5.73 Å². The molecule has 0 amide bonds. The van der Waals surface area contributed by atoms with Gasteiger partial charge in [-0.15, -0.1) is 0 Å². The van der Waals surface area contributed by atoms with Crippen LogP contribution in [0.15, 0.2) is 18.2 Å². The maximum absolute atomic E-state index is 13.2. The second-order valence-corrected chi connectivity index (χ2v) is 4.28. The topological polar surface area (TPSA) is 87.1 Å². The summed E-state index contributed by atoms with van der Waals surface area (Å²) in [5, 5.41) is 17.7. The maximum atomic E-state index is 13.2. The smallest absolute Gasteiger partial charge is 0.321 e. The van der Waals surface area contributed by atoms with Gasteiger partial charge in [0, 0.05) is 5.41 Å². The summed E-state index contributed by atoms with van der Waals surface area (Å²) in [6, 6.07) is 4.81. The van der Waals surface area contributed by atoms with E-state index in [9.17, 15) is 9.18 Å². The van der Waals surface area contributed by atoms with E-state index in [1.54, 1.807) is 6.07 Å². The first-order valence-electron chi connectivity index (χ1n) is 5.20. The average molecular weight is 234 g/mol. The molecule has 0 radical (unpaired) electrons. The minimum atomic E-state index is -1.08. The molecule has 1 saturated carbocycles. The molecule has 4 nitrogen and oxygen atoms in total. The van der Waals surface area contributed by atoms with Gasteiger partial charge in [-0.2, -0.15) is 5.26 Å². The predicted octanol–water partition coefficient (Wildman–Crippen LogP) is 1.14. The fourth-order valence-electron chi connectivity index (χ4n) is 2.07. The zero-order chi connectivity index (χ0) is 12.6. The molecular weight excluding hydrogens is 223 g/mol. The van der Waals surface area contributed by atoms with Gasteiger partial charge in [0.2, 0.25) is 0 Å². The Balaban J connectivity index is 2.42. The third-order valence-electron chi connectivity index (χ3n) is 3.31. The first-order chi connectivity index (χ1) is 8.01. The highest BCUT2D eigenvalue weighted by Crippen LogP contribution is 2.50. The predicted molar refractivity (Wildman–Crippen MR) is 57.6 cm³/mol. The molecule has 1 aliphatic rings. The highest BCUT2D eigenvalue weighted by Gasteiger charge is 2.52. The number of carboxylic acids is 1. The van der Waals surface area contributed by atoms with Crippen LogP contribution >= 0.6 is 0 Å². The Kier molecular flexibility index (Phi) is 2.60. The number of nitriles is 1. The lowest BCUT2D eigenvalue weighted by molar-refractivity contribution is -0.139. The monoisotopic (exact) mass is 234 g/mol. The van der Waals surface area contributed by atoms with Crippen LogP contribution in [0.25, 0.3) is 0 Å². The highest BCUT2D eigenvalue weighted by molar-refractivity contribution is 5.77. The number of nitrogens with zero attached hydrogens (tertiary/aromatic N) is 1. The van der Waals surface area contributed by atoms with Crippen molar-refractivity contribution in [3.63, 3.8) is 0 Å². The minimum absolute atomic E-state index is 0.0774. The molecule has 1 fully saturated rings. The van der Waals surface area contributed by atoms with Crippen LogP contribution in [0.4, 0.5) is 4.39 Å². The zero-order valence-electron chi connectivity index (χ0n) is 8.98. The molecule has 0 saturated heterocycles. The summed E-state index contributed by atoms with van der Waals surface area (Å²) in [5.41, 5.74) is 5.56. The van der Waals surface area contributed by atoms with E-state index in [0.717, 1.165) is 0 Å². The van der Waals surface area contributed by atoms with Gasteiger partial charge in [-0.05, 0) is 30.5 Å². The normalized spacial score (nSPS) is 18.2. The number of benzene rings is 1. The largest absolute Gasteiger partial charge is 0.480 e. The van der Waals surface area contributed by atoms with E-state index in [4.69, 9.17) is 16.1 Å². The van der Waals surface area contributed by atoms with E-state index in [1.807, 2.05) is 0 Å². The van der Waals surface area contributed by atoms with E-state index in [2.05, 4.69) is 0 Å². The fourth-order valence-corrected chi connectivity index (χ4v) is 2.07. The molecule has 1 aliphatic carbocycles. The lowest BCUT2D eigenvalue weighted by Crippen LogP contribution is -2.42. The fraction of sp³-hybridized carbons (Fsp3) is 0.333. The van der Waals surface area contributed by atoms with Crippen LogP contribution in [0.2, 0.25) is 0 Å². The van der Waals surface area contributed by atoms with Crippen molar-refractivity contribution in [2.45, 2.75) is 24.3 Å². The van der Waals surface area contributed by atoms with Gasteiger partial charge in [0.15, 0.2) is 0 Å². The summed E-state index contributed by atoms with van der Waals surface area (Å²) in [6.45, 7) is 0. The third kappa shape index (κ3) is 1.77. The molecular formula is C12H11FN2O2. The molecule has 17 heavy (non-hydrogen) atoms. The number of nitrogens with two attached hydrogens (primary N) is 1. The Morgan fingerprint density at radius 1 is 1.59 bits per heavy atom. The van der Waals surface area contributed by atoms with Crippen molar-refractivity contribution >= 4 is 5.97 Å². The molecule has 0 spiro atoms. The molecule has 1 aromatic carbocycles. The van der Waals surface area contributed by atoms with E-state index in [1.165, 1.54) is 18.2 Å². The number of halogens is 1. The van der Waals surface area contributed by atoms with Crippen molar-refractivity contribution in [1.82, 2.24) is 0 Å². The van der Waals surface area contributed by atoms with Crippen molar-refractivity contribution in [3.05, 3.63) is 35.1 Å². The SMILES string of the molecule is N#Cc1cc(C2(C(N)C(=O)O)CC2)ccc1F. The molecule has 5 heteroatoms. The van der Waals surface area contributed by atoms with Gasteiger partial charge in [-0.1, -0.05) is 6.07 Å². The van der Waals surface area contributed by atoms with Crippen LogP contribution in [0.5, 0.6) is 0 Å². The van der Waals surface area contributed by atoms with E-state index >= 15 is 0 Å². The number of carboxylic acid groups (broad SMARTS) is 1. The Bertz CT molecular complexity index is 518. The number of carbonyl (C=O) groups is 1. The van der Waals surface area contributed by atoms with Gasteiger partial charge in [-0.25, -0.2) is 4.39 Å². The number of hydrogen-bond donors (Lipinski definition) is 2. The summed E-state index contributed by atoms with van der Waals surface area (Å²) in [6.07, 6.45) is 1.30. The minimum Gasteiger partial charge on any atom is -0.480 e. The second kappa shape index (κ2) is 3.82. The van der Waals surface area contributed by atoms with Gasteiger partial charge in [-0.3, -0.25) is 4.79 Å². The zero-order valence-corrected chi connectivity index (χ0v) is 8.98. The van der Waals surface area contributed by atoms with Crippen LogP contribution in [0, 0.1) is 17.1 Å². The number of hydrogen-bond acceptors (Lipinski definition) is 3. The summed E-state index contributed by atoms with van der Waals surface area (Å²) < 4.78 is 13.2. The average Bonchev–Trinajstić information content (AvgIpc) is 3.10. The lowest BCUT2D eigenvalue weighted by Gasteiger charge is -2.20. The molecule has 88 valence electrons. The maximum Gasteiger partial charge on any atom is 0.321 e. The Morgan fingerprint density at radius 3 is 2.71 bits per heavy atom. The molecule has 0 aromatic heterocycles. The van der Waals surface area contributed by atoms with E-state index in [0.29, 0.717) is 18.4 Å². The van der Waals surface area contributed by atoms with E-state index in [-0.39, 0.29) is 5.56 Å². The van der Waals surface area contributed by atoms with Crippen molar-refractivity contribution in [3.8, 4) is 6.07 Å². The molecule has 0 heterocycles. The molecule has 0 bridgehead atoms. The molecule has 3 N–H and O–H groups in total. The molecule has 1 aromatic rings. The Hall–Kier alpha value is -1.93. The number of aliphatic carboxylic acids is 1. The van der Waals surface area contributed by atoms with Gasteiger partial charge in [0.05, 0.1) is 5.56 Å². The van der Waals surface area contributed by atoms with Crippen LogP contribution in [-0.4, -0.2) is 17.1 Å². The van der Waals surface area contributed by atoms with Crippen molar-refractivity contribution < 1.29 is 14.3 Å². The van der Waals surface area contributed by atoms with Crippen LogP contribution in [0.1, 0.15) is 24.0 Å². The molecule has 1 atom stereocenters. The molecule has 1 unspecified atom stereocenters. The summed E-state index contributed by atoms with van der Waals surface area (Å²) in [4.78, 5) is 10.9. The standard InChI is InChI=1S/C12H11FN2O2/c13-9-2-1-8(5-7(9)6-14)12(3-4-12)10(15)11(16)17/h1-2,5,10H,3-4,15H2,(H,16,17). The van der Waals surface area contributed by atoms with Gasteiger partial charge in [0.1, 0.15) is 17.9 Å². The lowest BCUT2D eigenvalue weighted by atomic mass is 9.87. The van der Waals surface area contributed by atoms with Gasteiger partial charge in [0.25, 0.3) is 0 Å². The molecule has 0 aliphatic heterocycles. The van der Waals surface area contributed by atoms with E-state index < -0.39 is 23.2 Å². The Labute approximate surface area is 97.5 Å². The summed E-state index contributed by atoms with van der Waals surface area (Å²) in [5.74, 6) is -1.68. The third-order valence-corrected chi connectivity index (χ3v) is 3.31. The Morgan fingerprint density at radius 2 is 2.24 bits per heavy atom. The van der Waals surface area contributed by atoms with Crippen LogP contribution < -0.4 is 5.73 Å². The number of rotatable bonds is 3. The molecule has 2 rings (SSSR count). The quantitative estimate of drug-likeness (QED) is 0.821. The second-order valence-electron chi connectivity index (χ2n) is 4.28. The first kappa shape index (κ1) is 11.6.